The molecule has 1 unspecified atom stereocenters. The number of ether oxygens (including phenoxy) is 2. The molecule has 6 nitrogen and oxygen atoms in total. The second-order valence-corrected chi connectivity index (χ2v) is 3.94. The van der Waals surface area contributed by atoms with E-state index in [-0.39, 0.29) is 6.10 Å². The molecule has 0 bridgehead atoms. The summed E-state index contributed by atoms with van der Waals surface area (Å²) >= 11 is 0. The van der Waals surface area contributed by atoms with Gasteiger partial charge in [0.15, 0.2) is 0 Å². The fraction of sp³-hybridized carbons (Fsp3) is 0.455. The molecule has 2 aromatic heterocycles. The molecule has 1 saturated heterocycles. The van der Waals surface area contributed by atoms with Crippen molar-refractivity contribution in [3.05, 3.63) is 18.6 Å². The smallest absolute Gasteiger partial charge is 0.260 e. The third kappa shape index (κ3) is 1.91. The minimum atomic E-state index is 0.0788. The standard InChI is InChI=1S/C11H14N4O2/c1-12-9-6-15-4-3-13-10(15)11(14-9)17-8-2-5-16-7-8/h3-4,6,8,12H,2,5,7H2,1H3. The molecule has 0 saturated carbocycles. The quantitative estimate of drug-likeness (QED) is 0.856. The van der Waals surface area contributed by atoms with Gasteiger partial charge in [0.2, 0.25) is 5.65 Å². The van der Waals surface area contributed by atoms with Gasteiger partial charge in [-0.25, -0.2) is 4.98 Å². The van der Waals surface area contributed by atoms with Crippen LogP contribution in [0.5, 0.6) is 5.88 Å². The number of anilines is 1. The van der Waals surface area contributed by atoms with Crippen LogP contribution in [0.15, 0.2) is 18.6 Å². The maximum absolute atomic E-state index is 5.83. The molecule has 0 radical (unpaired) electrons. The molecule has 0 aromatic carbocycles. The molecule has 6 heteroatoms. The number of rotatable bonds is 3. The summed E-state index contributed by atoms with van der Waals surface area (Å²) in [6, 6.07) is 0. The average Bonchev–Trinajstić information content (AvgIpc) is 2.98. The summed E-state index contributed by atoms with van der Waals surface area (Å²) in [5.41, 5.74) is 0.732. The zero-order valence-electron chi connectivity index (χ0n) is 9.59. The lowest BCUT2D eigenvalue weighted by atomic mass is 10.3. The van der Waals surface area contributed by atoms with E-state index < -0.39 is 0 Å². The van der Waals surface area contributed by atoms with Crippen LogP contribution in [0.2, 0.25) is 0 Å². The Morgan fingerprint density at radius 1 is 1.59 bits per heavy atom. The van der Waals surface area contributed by atoms with Crippen molar-refractivity contribution in [2.75, 3.05) is 25.6 Å². The van der Waals surface area contributed by atoms with E-state index in [0.717, 1.165) is 24.5 Å². The van der Waals surface area contributed by atoms with Crippen LogP contribution < -0.4 is 10.1 Å². The Morgan fingerprint density at radius 3 is 3.29 bits per heavy atom. The van der Waals surface area contributed by atoms with Gasteiger partial charge in [-0.3, -0.25) is 4.40 Å². The minimum Gasteiger partial charge on any atom is -0.469 e. The lowest BCUT2D eigenvalue weighted by Gasteiger charge is -2.12. The minimum absolute atomic E-state index is 0.0788. The highest BCUT2D eigenvalue weighted by molar-refractivity contribution is 5.53. The van der Waals surface area contributed by atoms with E-state index in [0.29, 0.717) is 12.5 Å². The fourth-order valence-corrected chi connectivity index (χ4v) is 1.87. The zero-order chi connectivity index (χ0) is 11.7. The largest absolute Gasteiger partial charge is 0.469 e. The predicted octanol–water partition coefficient (Wildman–Crippen LogP) is 0.939. The molecule has 1 aliphatic heterocycles. The van der Waals surface area contributed by atoms with Crippen LogP contribution in [0, 0.1) is 0 Å². The van der Waals surface area contributed by atoms with Gasteiger partial charge in [0, 0.05) is 25.9 Å². The van der Waals surface area contributed by atoms with Crippen LogP contribution in [-0.2, 0) is 4.74 Å². The number of aromatic nitrogens is 3. The van der Waals surface area contributed by atoms with Crippen molar-refractivity contribution in [2.24, 2.45) is 0 Å². The number of nitrogens with one attached hydrogen (secondary N) is 1. The van der Waals surface area contributed by atoms with Gasteiger partial charge in [-0.2, -0.15) is 4.98 Å². The predicted molar refractivity (Wildman–Crippen MR) is 62.4 cm³/mol. The highest BCUT2D eigenvalue weighted by atomic mass is 16.5. The number of hydrogen-bond acceptors (Lipinski definition) is 5. The van der Waals surface area contributed by atoms with Gasteiger partial charge in [-0.05, 0) is 0 Å². The lowest BCUT2D eigenvalue weighted by molar-refractivity contribution is 0.139. The summed E-state index contributed by atoms with van der Waals surface area (Å²) in [7, 11) is 1.83. The molecular formula is C11H14N4O2. The van der Waals surface area contributed by atoms with E-state index >= 15 is 0 Å². The van der Waals surface area contributed by atoms with Crippen LogP contribution >= 0.6 is 0 Å². The molecule has 2 aromatic rings. The van der Waals surface area contributed by atoms with Crippen molar-refractivity contribution in [1.29, 1.82) is 0 Å². The Morgan fingerprint density at radius 2 is 2.53 bits per heavy atom. The molecule has 0 spiro atoms. The summed E-state index contributed by atoms with van der Waals surface area (Å²) in [5.74, 6) is 1.31. The molecule has 1 N–H and O–H groups in total. The molecule has 3 heterocycles. The number of fused-ring (bicyclic) bond motifs is 1. The topological polar surface area (TPSA) is 60.7 Å². The maximum atomic E-state index is 5.83. The summed E-state index contributed by atoms with van der Waals surface area (Å²) in [4.78, 5) is 8.63. The van der Waals surface area contributed by atoms with Gasteiger partial charge in [0.05, 0.1) is 19.4 Å². The van der Waals surface area contributed by atoms with Crippen LogP contribution in [0.3, 0.4) is 0 Å². The van der Waals surface area contributed by atoms with Crippen LogP contribution in [0.4, 0.5) is 5.82 Å². The van der Waals surface area contributed by atoms with Crippen molar-refractivity contribution in [1.82, 2.24) is 14.4 Å². The SMILES string of the molecule is CNc1cn2ccnc2c(OC2CCOC2)n1. The summed E-state index contributed by atoms with van der Waals surface area (Å²) in [6.07, 6.45) is 6.46. The summed E-state index contributed by atoms with van der Waals surface area (Å²) in [5, 5.41) is 3.00. The van der Waals surface area contributed by atoms with Crippen molar-refractivity contribution in [3.63, 3.8) is 0 Å². The molecule has 17 heavy (non-hydrogen) atoms. The average molecular weight is 234 g/mol. The van der Waals surface area contributed by atoms with Gasteiger partial charge >= 0.3 is 0 Å². The van der Waals surface area contributed by atoms with Gasteiger partial charge in [-0.15, -0.1) is 0 Å². The highest BCUT2D eigenvalue weighted by Crippen LogP contribution is 2.21. The number of nitrogens with zero attached hydrogens (tertiary/aromatic N) is 3. The van der Waals surface area contributed by atoms with Crippen LogP contribution in [0.1, 0.15) is 6.42 Å². The molecule has 1 fully saturated rings. The molecule has 1 atom stereocenters. The molecular weight excluding hydrogens is 220 g/mol. The first-order valence-corrected chi connectivity index (χ1v) is 5.62. The summed E-state index contributed by atoms with van der Waals surface area (Å²) in [6.45, 7) is 1.37. The molecule has 0 amide bonds. The van der Waals surface area contributed by atoms with Gasteiger partial charge in [0.1, 0.15) is 11.9 Å². The Bertz CT molecular complexity index is 519. The van der Waals surface area contributed by atoms with E-state index in [9.17, 15) is 0 Å². The highest BCUT2D eigenvalue weighted by Gasteiger charge is 2.20. The van der Waals surface area contributed by atoms with E-state index in [1.54, 1.807) is 6.20 Å². The first-order valence-electron chi connectivity index (χ1n) is 5.62. The van der Waals surface area contributed by atoms with E-state index in [2.05, 4.69) is 15.3 Å². The molecule has 1 aliphatic rings. The second kappa shape index (κ2) is 4.21. The van der Waals surface area contributed by atoms with Crippen molar-refractivity contribution < 1.29 is 9.47 Å². The van der Waals surface area contributed by atoms with E-state index in [1.807, 2.05) is 23.8 Å². The van der Waals surface area contributed by atoms with Crippen molar-refractivity contribution in [3.8, 4) is 5.88 Å². The number of imidazole rings is 1. The van der Waals surface area contributed by atoms with Crippen LogP contribution in [0.25, 0.3) is 5.65 Å². The van der Waals surface area contributed by atoms with E-state index in [1.165, 1.54) is 0 Å². The van der Waals surface area contributed by atoms with E-state index in [4.69, 9.17) is 9.47 Å². The normalized spacial score (nSPS) is 19.7. The van der Waals surface area contributed by atoms with Gasteiger partial charge < -0.3 is 14.8 Å². The third-order valence-corrected chi connectivity index (χ3v) is 2.77. The van der Waals surface area contributed by atoms with Crippen molar-refractivity contribution in [2.45, 2.75) is 12.5 Å². The maximum Gasteiger partial charge on any atom is 0.260 e. The second-order valence-electron chi connectivity index (χ2n) is 3.94. The molecule has 3 rings (SSSR count). The molecule has 0 aliphatic carbocycles. The summed E-state index contributed by atoms with van der Waals surface area (Å²) < 4.78 is 13.0. The Labute approximate surface area is 98.6 Å². The first kappa shape index (κ1) is 10.3. The fourth-order valence-electron chi connectivity index (χ4n) is 1.87. The number of hydrogen-bond donors (Lipinski definition) is 1. The zero-order valence-corrected chi connectivity index (χ0v) is 9.59. The first-order chi connectivity index (χ1) is 8.36. The molecule has 90 valence electrons. The Balaban J connectivity index is 1.97. The van der Waals surface area contributed by atoms with Crippen molar-refractivity contribution >= 4 is 11.5 Å². The van der Waals surface area contributed by atoms with Crippen LogP contribution in [-0.4, -0.2) is 40.7 Å². The lowest BCUT2D eigenvalue weighted by Crippen LogP contribution is -2.17. The Kier molecular flexibility index (Phi) is 2.56. The van der Waals surface area contributed by atoms with Gasteiger partial charge in [-0.1, -0.05) is 0 Å². The monoisotopic (exact) mass is 234 g/mol. The van der Waals surface area contributed by atoms with Gasteiger partial charge in [0.25, 0.3) is 5.88 Å². The Hall–Kier alpha value is -1.82. The third-order valence-electron chi connectivity index (χ3n) is 2.77.